The summed E-state index contributed by atoms with van der Waals surface area (Å²) in [6.07, 6.45) is 1.28. The van der Waals surface area contributed by atoms with Crippen molar-refractivity contribution in [2.75, 3.05) is 20.8 Å². The van der Waals surface area contributed by atoms with Gasteiger partial charge in [-0.3, -0.25) is 14.2 Å². The van der Waals surface area contributed by atoms with Gasteiger partial charge in [-0.15, -0.1) is 11.3 Å². The molecule has 0 aliphatic heterocycles. The van der Waals surface area contributed by atoms with E-state index in [0.29, 0.717) is 51.8 Å². The number of carbonyl (C=O) groups excluding carboxylic acids is 1. The summed E-state index contributed by atoms with van der Waals surface area (Å²) in [5.41, 5.74) is 0.298. The molecule has 1 amide bonds. The molecule has 0 atom stereocenters. The van der Waals surface area contributed by atoms with E-state index in [-0.39, 0.29) is 12.5 Å². The first-order valence-corrected chi connectivity index (χ1v) is 12.6. The van der Waals surface area contributed by atoms with Crippen LogP contribution in [0.4, 0.5) is 0 Å². The molecule has 8 nitrogen and oxygen atoms in total. The molecule has 0 bridgehead atoms. The Hall–Kier alpha value is -3.56. The van der Waals surface area contributed by atoms with Gasteiger partial charge in [0, 0.05) is 16.4 Å². The molecule has 1 N–H and O–H groups in total. The van der Waals surface area contributed by atoms with E-state index < -0.39 is 11.2 Å². The molecular weight excluding hydrogens is 502 g/mol. The molecule has 0 aliphatic rings. The van der Waals surface area contributed by atoms with Crippen LogP contribution >= 0.6 is 22.9 Å². The van der Waals surface area contributed by atoms with Crippen molar-refractivity contribution >= 4 is 39.1 Å². The number of aromatic nitrogens is 2. The number of nitrogens with zero attached hydrogens (tertiary/aromatic N) is 2. The number of hydrogen-bond acceptors (Lipinski definition) is 6. The molecular formula is C26H26ClN3O5S. The number of nitrogens with one attached hydrogen (secondary N) is 1. The number of thiophene rings is 1. The molecule has 0 spiro atoms. The lowest BCUT2D eigenvalue weighted by Gasteiger charge is -2.13. The molecule has 4 rings (SSSR count). The van der Waals surface area contributed by atoms with Gasteiger partial charge in [0.05, 0.1) is 25.3 Å². The predicted molar refractivity (Wildman–Crippen MR) is 142 cm³/mol. The average Bonchev–Trinajstić information content (AvgIpc) is 3.31. The number of carbonyl (C=O) groups is 1. The SMILES string of the molecule is CCc1cc2c(=O)n(-c3cccc(Cl)c3)c(=O)n(CC(=O)NCCc3ccc(OC)c(OC)c3)c2s1. The molecule has 0 unspecified atom stereocenters. The Morgan fingerprint density at radius 2 is 1.83 bits per heavy atom. The van der Waals surface area contributed by atoms with Crippen LogP contribution in [0.3, 0.4) is 0 Å². The predicted octanol–water partition coefficient (Wildman–Crippen LogP) is 3.81. The summed E-state index contributed by atoms with van der Waals surface area (Å²) in [5, 5.41) is 3.67. The van der Waals surface area contributed by atoms with Gasteiger partial charge in [0.25, 0.3) is 5.56 Å². The zero-order valence-corrected chi connectivity index (χ0v) is 21.7. The standard InChI is InChI=1S/C26H26ClN3O5S/c1-4-19-14-20-24(32)30(18-7-5-6-17(27)13-18)26(33)29(25(20)36-19)15-23(31)28-11-10-16-8-9-21(34-2)22(12-16)35-3/h5-9,12-14H,4,10-11,15H2,1-3H3,(H,28,31). The minimum absolute atomic E-state index is 0.216. The van der Waals surface area contributed by atoms with Crippen LogP contribution in [0.25, 0.3) is 15.9 Å². The van der Waals surface area contributed by atoms with E-state index in [1.54, 1.807) is 44.6 Å². The van der Waals surface area contributed by atoms with Gasteiger partial charge in [0.1, 0.15) is 11.4 Å². The Morgan fingerprint density at radius 3 is 2.53 bits per heavy atom. The van der Waals surface area contributed by atoms with Crippen LogP contribution < -0.4 is 26.0 Å². The van der Waals surface area contributed by atoms with Crippen LogP contribution in [0.15, 0.2) is 58.1 Å². The quantitative estimate of drug-likeness (QED) is 0.357. The molecule has 2 heterocycles. The van der Waals surface area contributed by atoms with Gasteiger partial charge >= 0.3 is 5.69 Å². The first kappa shape index (κ1) is 25.5. The highest BCUT2D eigenvalue weighted by molar-refractivity contribution is 7.18. The minimum Gasteiger partial charge on any atom is -0.493 e. The van der Waals surface area contributed by atoms with Crippen LogP contribution in [0.2, 0.25) is 5.02 Å². The smallest absolute Gasteiger partial charge is 0.337 e. The highest BCUT2D eigenvalue weighted by atomic mass is 35.5. The largest absolute Gasteiger partial charge is 0.493 e. The van der Waals surface area contributed by atoms with Crippen molar-refractivity contribution in [2.45, 2.75) is 26.3 Å². The fourth-order valence-electron chi connectivity index (χ4n) is 3.94. The highest BCUT2D eigenvalue weighted by Crippen LogP contribution is 2.27. The third-order valence-corrected chi connectivity index (χ3v) is 7.30. The van der Waals surface area contributed by atoms with Crippen molar-refractivity contribution in [1.29, 1.82) is 0 Å². The Labute approximate surface area is 216 Å². The van der Waals surface area contributed by atoms with Crippen molar-refractivity contribution in [1.82, 2.24) is 14.5 Å². The first-order chi connectivity index (χ1) is 17.4. The lowest BCUT2D eigenvalue weighted by molar-refractivity contribution is -0.121. The number of benzene rings is 2. The Kier molecular flexibility index (Phi) is 7.81. The van der Waals surface area contributed by atoms with Gasteiger partial charge < -0.3 is 14.8 Å². The number of methoxy groups -OCH3 is 2. The van der Waals surface area contributed by atoms with Gasteiger partial charge in [0.2, 0.25) is 5.91 Å². The minimum atomic E-state index is -0.589. The second-order valence-corrected chi connectivity index (χ2v) is 9.62. The van der Waals surface area contributed by atoms with E-state index in [4.69, 9.17) is 21.1 Å². The molecule has 2 aromatic heterocycles. The van der Waals surface area contributed by atoms with E-state index >= 15 is 0 Å². The maximum absolute atomic E-state index is 13.5. The number of fused-ring (bicyclic) bond motifs is 1. The summed E-state index contributed by atoms with van der Waals surface area (Å²) < 4.78 is 13.0. The lowest BCUT2D eigenvalue weighted by Crippen LogP contribution is -2.41. The van der Waals surface area contributed by atoms with E-state index in [2.05, 4.69) is 5.32 Å². The van der Waals surface area contributed by atoms with Gasteiger partial charge in [-0.1, -0.05) is 30.7 Å². The number of aryl methyl sites for hydroxylation is 1. The van der Waals surface area contributed by atoms with Crippen molar-refractivity contribution in [3.63, 3.8) is 0 Å². The van der Waals surface area contributed by atoms with E-state index in [0.717, 1.165) is 15.0 Å². The van der Waals surface area contributed by atoms with Crippen molar-refractivity contribution < 1.29 is 14.3 Å². The molecule has 0 saturated carbocycles. The maximum atomic E-state index is 13.5. The van der Waals surface area contributed by atoms with Gasteiger partial charge in [-0.25, -0.2) is 9.36 Å². The monoisotopic (exact) mass is 527 g/mol. The summed E-state index contributed by atoms with van der Waals surface area (Å²) >= 11 is 7.46. The van der Waals surface area contributed by atoms with E-state index in [9.17, 15) is 14.4 Å². The van der Waals surface area contributed by atoms with Gasteiger partial charge in [0.15, 0.2) is 11.5 Å². The normalized spacial score (nSPS) is 11.0. The molecule has 188 valence electrons. The van der Waals surface area contributed by atoms with Crippen LogP contribution in [-0.2, 0) is 24.2 Å². The second-order valence-electron chi connectivity index (χ2n) is 8.06. The van der Waals surface area contributed by atoms with E-state index in [1.807, 2.05) is 25.1 Å². The van der Waals surface area contributed by atoms with Crippen molar-refractivity contribution in [3.05, 3.63) is 84.8 Å². The fourth-order valence-corrected chi connectivity index (χ4v) is 5.20. The van der Waals surface area contributed by atoms with Gasteiger partial charge in [-0.05, 0) is 54.8 Å². The van der Waals surface area contributed by atoms with Crippen molar-refractivity contribution in [2.24, 2.45) is 0 Å². The van der Waals surface area contributed by atoms with Crippen LogP contribution in [0, 0.1) is 0 Å². The molecule has 0 aliphatic carbocycles. The van der Waals surface area contributed by atoms with E-state index in [1.165, 1.54) is 15.9 Å². The zero-order chi connectivity index (χ0) is 25.8. The number of amides is 1. The zero-order valence-electron chi connectivity index (χ0n) is 20.2. The highest BCUT2D eigenvalue weighted by Gasteiger charge is 2.19. The number of halogens is 1. The molecule has 0 saturated heterocycles. The Bertz CT molecular complexity index is 1540. The third kappa shape index (κ3) is 5.17. The maximum Gasteiger partial charge on any atom is 0.337 e. The second kappa shape index (κ2) is 11.0. The summed E-state index contributed by atoms with van der Waals surface area (Å²) in [4.78, 5) is 41.0. The molecule has 0 radical (unpaired) electrons. The number of hydrogen-bond donors (Lipinski definition) is 1. The molecule has 4 aromatic rings. The lowest BCUT2D eigenvalue weighted by atomic mass is 10.1. The first-order valence-electron chi connectivity index (χ1n) is 11.4. The summed E-state index contributed by atoms with van der Waals surface area (Å²) in [5.74, 6) is 0.912. The Balaban J connectivity index is 1.61. The number of rotatable bonds is 9. The summed E-state index contributed by atoms with van der Waals surface area (Å²) in [7, 11) is 3.14. The average molecular weight is 528 g/mol. The fraction of sp³-hybridized carbons (Fsp3) is 0.269. The number of ether oxygens (including phenoxy) is 2. The third-order valence-electron chi connectivity index (χ3n) is 5.76. The summed E-state index contributed by atoms with van der Waals surface area (Å²) in [6, 6.07) is 13.9. The Morgan fingerprint density at radius 1 is 1.06 bits per heavy atom. The molecule has 36 heavy (non-hydrogen) atoms. The van der Waals surface area contributed by atoms with Crippen molar-refractivity contribution in [3.8, 4) is 17.2 Å². The molecule has 2 aromatic carbocycles. The van der Waals surface area contributed by atoms with Crippen LogP contribution in [0.1, 0.15) is 17.4 Å². The summed E-state index contributed by atoms with van der Waals surface area (Å²) in [6.45, 7) is 2.13. The van der Waals surface area contributed by atoms with Gasteiger partial charge in [-0.2, -0.15) is 0 Å². The van der Waals surface area contributed by atoms with Crippen LogP contribution in [-0.4, -0.2) is 35.8 Å². The topological polar surface area (TPSA) is 91.6 Å². The molecule has 0 fully saturated rings. The molecule has 10 heteroatoms. The van der Waals surface area contributed by atoms with Crippen LogP contribution in [0.5, 0.6) is 11.5 Å².